The molecular formula is C13H15F3N2. The van der Waals surface area contributed by atoms with Gasteiger partial charge in [0.25, 0.3) is 0 Å². The van der Waals surface area contributed by atoms with Crippen LogP contribution in [-0.2, 0) is 19.3 Å². The van der Waals surface area contributed by atoms with Crippen LogP contribution >= 0.6 is 0 Å². The number of nitrogens with zero attached hydrogens (tertiary/aromatic N) is 1. The molecule has 0 saturated carbocycles. The Bertz CT molecular complexity index is 555. The minimum Gasteiger partial charge on any atom is -0.343 e. The fourth-order valence-electron chi connectivity index (χ4n) is 2.30. The minimum absolute atomic E-state index is 0.276. The van der Waals surface area contributed by atoms with Crippen LogP contribution in [0.5, 0.6) is 0 Å². The summed E-state index contributed by atoms with van der Waals surface area (Å²) in [7, 11) is 1.78. The van der Waals surface area contributed by atoms with Gasteiger partial charge in [0.1, 0.15) is 0 Å². The number of nitrogens with one attached hydrogen (secondary N) is 1. The predicted molar refractivity (Wildman–Crippen MR) is 65.4 cm³/mol. The van der Waals surface area contributed by atoms with Gasteiger partial charge in [-0.2, -0.15) is 13.2 Å². The lowest BCUT2D eigenvalue weighted by Crippen LogP contribution is -2.13. The van der Waals surface area contributed by atoms with E-state index in [1.54, 1.807) is 17.7 Å². The summed E-state index contributed by atoms with van der Waals surface area (Å²) in [5.74, 6) is 0. The molecule has 0 saturated heterocycles. The lowest BCUT2D eigenvalue weighted by atomic mass is 10.1. The van der Waals surface area contributed by atoms with Crippen molar-refractivity contribution in [1.29, 1.82) is 0 Å². The Morgan fingerprint density at radius 3 is 2.56 bits per heavy atom. The summed E-state index contributed by atoms with van der Waals surface area (Å²) in [6.07, 6.45) is -4.32. The number of halogens is 3. The summed E-state index contributed by atoms with van der Waals surface area (Å²) >= 11 is 0. The first kappa shape index (κ1) is 13.0. The zero-order chi connectivity index (χ0) is 13.3. The molecule has 0 spiro atoms. The molecule has 0 bridgehead atoms. The maximum Gasteiger partial charge on any atom is 0.418 e. The molecule has 0 aliphatic rings. The minimum atomic E-state index is -4.32. The van der Waals surface area contributed by atoms with E-state index < -0.39 is 11.7 Å². The molecule has 1 heterocycles. The Hall–Kier alpha value is -1.49. The SMILES string of the molecule is CCn1c(CNC)cc2cccc(C(F)(F)F)c21. The van der Waals surface area contributed by atoms with Crippen molar-refractivity contribution in [2.24, 2.45) is 0 Å². The number of hydrogen-bond acceptors (Lipinski definition) is 1. The van der Waals surface area contributed by atoms with Crippen molar-refractivity contribution in [2.75, 3.05) is 7.05 Å². The Morgan fingerprint density at radius 1 is 1.28 bits per heavy atom. The van der Waals surface area contributed by atoms with Crippen LogP contribution in [0.25, 0.3) is 10.9 Å². The molecule has 0 radical (unpaired) electrons. The van der Waals surface area contributed by atoms with Crippen molar-refractivity contribution in [1.82, 2.24) is 9.88 Å². The third kappa shape index (κ3) is 2.10. The lowest BCUT2D eigenvalue weighted by molar-refractivity contribution is -0.136. The number of aryl methyl sites for hydroxylation is 1. The molecule has 0 atom stereocenters. The van der Waals surface area contributed by atoms with Crippen LogP contribution in [-0.4, -0.2) is 11.6 Å². The van der Waals surface area contributed by atoms with Crippen LogP contribution in [0.3, 0.4) is 0 Å². The highest BCUT2D eigenvalue weighted by molar-refractivity contribution is 5.85. The van der Waals surface area contributed by atoms with E-state index in [1.165, 1.54) is 6.07 Å². The quantitative estimate of drug-likeness (QED) is 0.890. The maximum absolute atomic E-state index is 13.0. The van der Waals surface area contributed by atoms with E-state index in [4.69, 9.17) is 0 Å². The molecule has 2 aromatic rings. The number of fused-ring (bicyclic) bond motifs is 1. The summed E-state index contributed by atoms with van der Waals surface area (Å²) in [6, 6.07) is 6.12. The van der Waals surface area contributed by atoms with Gasteiger partial charge in [-0.3, -0.25) is 0 Å². The van der Waals surface area contributed by atoms with Gasteiger partial charge < -0.3 is 9.88 Å². The molecule has 0 aliphatic heterocycles. The van der Waals surface area contributed by atoms with Gasteiger partial charge in [-0.05, 0) is 26.1 Å². The van der Waals surface area contributed by atoms with Gasteiger partial charge in [0, 0.05) is 24.2 Å². The molecule has 18 heavy (non-hydrogen) atoms. The van der Waals surface area contributed by atoms with Gasteiger partial charge >= 0.3 is 6.18 Å². The fourth-order valence-corrected chi connectivity index (χ4v) is 2.30. The average Bonchev–Trinajstić information content (AvgIpc) is 2.65. The van der Waals surface area contributed by atoms with E-state index in [2.05, 4.69) is 5.32 Å². The van der Waals surface area contributed by atoms with Gasteiger partial charge in [0.05, 0.1) is 11.1 Å². The van der Waals surface area contributed by atoms with E-state index in [9.17, 15) is 13.2 Å². The zero-order valence-corrected chi connectivity index (χ0v) is 10.3. The van der Waals surface area contributed by atoms with E-state index in [0.29, 0.717) is 18.5 Å². The molecule has 1 N–H and O–H groups in total. The third-order valence-electron chi connectivity index (χ3n) is 2.99. The first-order valence-electron chi connectivity index (χ1n) is 5.82. The standard InChI is InChI=1S/C13H15F3N2/c1-3-18-10(8-17-2)7-9-5-4-6-11(12(9)18)13(14,15)16/h4-7,17H,3,8H2,1-2H3. The monoisotopic (exact) mass is 256 g/mol. The molecule has 5 heteroatoms. The Morgan fingerprint density at radius 2 is 2.00 bits per heavy atom. The Balaban J connectivity index is 2.74. The largest absolute Gasteiger partial charge is 0.418 e. The Kier molecular flexibility index (Phi) is 3.34. The summed E-state index contributed by atoms with van der Waals surface area (Å²) in [4.78, 5) is 0. The second-order valence-electron chi connectivity index (χ2n) is 4.15. The smallest absolute Gasteiger partial charge is 0.343 e. The molecule has 0 amide bonds. The fraction of sp³-hybridized carbons (Fsp3) is 0.385. The Labute approximate surface area is 103 Å². The predicted octanol–water partition coefficient (Wildman–Crippen LogP) is 3.40. The van der Waals surface area contributed by atoms with Crippen LogP contribution in [0.15, 0.2) is 24.3 Å². The van der Waals surface area contributed by atoms with Gasteiger partial charge in [-0.15, -0.1) is 0 Å². The second kappa shape index (κ2) is 4.65. The summed E-state index contributed by atoms with van der Waals surface area (Å²) in [6.45, 7) is 2.93. The number of alkyl halides is 3. The molecule has 2 rings (SSSR count). The summed E-state index contributed by atoms with van der Waals surface area (Å²) < 4.78 is 40.7. The highest BCUT2D eigenvalue weighted by atomic mass is 19.4. The molecular weight excluding hydrogens is 241 g/mol. The molecule has 2 nitrogen and oxygen atoms in total. The molecule has 1 aromatic carbocycles. The number of rotatable bonds is 3. The van der Waals surface area contributed by atoms with Gasteiger partial charge in [0.15, 0.2) is 0 Å². The van der Waals surface area contributed by atoms with E-state index in [1.807, 2.05) is 13.0 Å². The van der Waals surface area contributed by atoms with Gasteiger partial charge in [0.2, 0.25) is 0 Å². The van der Waals surface area contributed by atoms with Gasteiger partial charge in [-0.1, -0.05) is 12.1 Å². The summed E-state index contributed by atoms with van der Waals surface area (Å²) in [5, 5.41) is 3.61. The first-order valence-corrected chi connectivity index (χ1v) is 5.82. The second-order valence-corrected chi connectivity index (χ2v) is 4.15. The maximum atomic E-state index is 13.0. The van der Waals surface area contributed by atoms with Crippen LogP contribution < -0.4 is 5.32 Å². The third-order valence-corrected chi connectivity index (χ3v) is 2.99. The number of aromatic nitrogens is 1. The number of hydrogen-bond donors (Lipinski definition) is 1. The van der Waals surface area contributed by atoms with Crippen LogP contribution in [0.1, 0.15) is 18.2 Å². The molecule has 0 fully saturated rings. The van der Waals surface area contributed by atoms with E-state index in [-0.39, 0.29) is 5.52 Å². The highest BCUT2D eigenvalue weighted by Gasteiger charge is 2.33. The van der Waals surface area contributed by atoms with Crippen LogP contribution in [0.4, 0.5) is 13.2 Å². The van der Waals surface area contributed by atoms with Gasteiger partial charge in [-0.25, -0.2) is 0 Å². The van der Waals surface area contributed by atoms with Crippen molar-refractivity contribution < 1.29 is 13.2 Å². The van der Waals surface area contributed by atoms with Crippen molar-refractivity contribution in [2.45, 2.75) is 26.2 Å². The van der Waals surface area contributed by atoms with Crippen molar-refractivity contribution in [3.8, 4) is 0 Å². The summed E-state index contributed by atoms with van der Waals surface area (Å²) in [5.41, 5.74) is 0.577. The normalized spacial score (nSPS) is 12.3. The molecule has 1 aromatic heterocycles. The molecule has 0 unspecified atom stereocenters. The first-order chi connectivity index (χ1) is 8.49. The van der Waals surface area contributed by atoms with Crippen LogP contribution in [0, 0.1) is 0 Å². The lowest BCUT2D eigenvalue weighted by Gasteiger charge is -2.13. The van der Waals surface area contributed by atoms with Crippen molar-refractivity contribution in [3.63, 3.8) is 0 Å². The zero-order valence-electron chi connectivity index (χ0n) is 10.3. The molecule has 98 valence electrons. The number of benzene rings is 1. The van der Waals surface area contributed by atoms with E-state index in [0.717, 1.165) is 11.8 Å². The highest BCUT2D eigenvalue weighted by Crippen LogP contribution is 2.36. The number of para-hydroxylation sites is 1. The van der Waals surface area contributed by atoms with Crippen LogP contribution in [0.2, 0.25) is 0 Å². The molecule has 0 aliphatic carbocycles. The van der Waals surface area contributed by atoms with E-state index >= 15 is 0 Å². The topological polar surface area (TPSA) is 17.0 Å². The van der Waals surface area contributed by atoms with Crippen molar-refractivity contribution >= 4 is 10.9 Å². The van der Waals surface area contributed by atoms with Crippen molar-refractivity contribution in [3.05, 3.63) is 35.5 Å². The average molecular weight is 256 g/mol.